The van der Waals surface area contributed by atoms with Gasteiger partial charge in [-0.2, -0.15) is 5.10 Å². The van der Waals surface area contributed by atoms with Crippen LogP contribution in [-0.2, 0) is 23.0 Å². The van der Waals surface area contributed by atoms with Gasteiger partial charge >= 0.3 is 5.97 Å². The van der Waals surface area contributed by atoms with Crippen LogP contribution in [0.2, 0.25) is 0 Å². The molecule has 0 aliphatic rings. The van der Waals surface area contributed by atoms with E-state index < -0.39 is 6.04 Å². The molecule has 2 heterocycles. The first kappa shape index (κ1) is 15.8. The van der Waals surface area contributed by atoms with Crippen LogP contribution in [-0.4, -0.2) is 32.4 Å². The average Bonchev–Trinajstić information content (AvgIpc) is 2.92. The van der Waals surface area contributed by atoms with Crippen LogP contribution < -0.4 is 0 Å². The second kappa shape index (κ2) is 6.01. The number of nitrogens with zero attached hydrogens (tertiary/aromatic N) is 3. The molecule has 0 saturated heterocycles. The Morgan fingerprint density at radius 2 is 2.14 bits per heavy atom. The zero-order valence-electron chi connectivity index (χ0n) is 13.1. The number of rotatable bonds is 5. The van der Waals surface area contributed by atoms with E-state index in [0.717, 1.165) is 23.3 Å². The van der Waals surface area contributed by atoms with Gasteiger partial charge in [-0.25, -0.2) is 4.79 Å². The lowest BCUT2D eigenvalue weighted by Crippen LogP contribution is -2.23. The standard InChI is InChI=1S/C14H22N4O2S/c1-6-9-11-12(17(4)16-9)18(14(21)15-11)10(7-8(2)3)13(19)20-5/h8,10H,6-7H2,1-5H3,(H,15,21). The summed E-state index contributed by atoms with van der Waals surface area (Å²) in [5, 5.41) is 4.48. The highest BCUT2D eigenvalue weighted by Crippen LogP contribution is 2.26. The highest BCUT2D eigenvalue weighted by molar-refractivity contribution is 7.71. The van der Waals surface area contributed by atoms with Crippen LogP contribution >= 0.6 is 12.2 Å². The van der Waals surface area contributed by atoms with Gasteiger partial charge in [0.25, 0.3) is 0 Å². The van der Waals surface area contributed by atoms with Gasteiger partial charge in [-0.3, -0.25) is 9.25 Å². The van der Waals surface area contributed by atoms with Crippen molar-refractivity contribution < 1.29 is 9.53 Å². The summed E-state index contributed by atoms with van der Waals surface area (Å²) in [7, 11) is 3.27. The first-order chi connectivity index (χ1) is 9.90. The summed E-state index contributed by atoms with van der Waals surface area (Å²) < 4.78 is 9.11. The fraction of sp³-hybridized carbons (Fsp3) is 0.643. The Morgan fingerprint density at radius 1 is 1.48 bits per heavy atom. The van der Waals surface area contributed by atoms with Crippen molar-refractivity contribution in [3.63, 3.8) is 0 Å². The molecule has 2 aromatic heterocycles. The highest BCUT2D eigenvalue weighted by atomic mass is 32.1. The number of aromatic nitrogens is 4. The number of hydrogen-bond donors (Lipinski definition) is 1. The maximum atomic E-state index is 12.2. The number of H-pyrrole nitrogens is 1. The fourth-order valence-electron chi connectivity index (χ4n) is 2.66. The topological polar surface area (TPSA) is 64.8 Å². The van der Waals surface area contributed by atoms with E-state index in [0.29, 0.717) is 17.1 Å². The van der Waals surface area contributed by atoms with Gasteiger partial charge in [0.1, 0.15) is 11.6 Å². The van der Waals surface area contributed by atoms with Gasteiger partial charge in [0, 0.05) is 7.05 Å². The number of nitrogens with one attached hydrogen (secondary N) is 1. The monoisotopic (exact) mass is 310 g/mol. The molecular formula is C14H22N4O2S. The van der Waals surface area contributed by atoms with Gasteiger partial charge in [0.2, 0.25) is 0 Å². The van der Waals surface area contributed by atoms with Crippen LogP contribution in [0.3, 0.4) is 0 Å². The van der Waals surface area contributed by atoms with Crippen molar-refractivity contribution >= 4 is 29.4 Å². The smallest absolute Gasteiger partial charge is 0.329 e. The van der Waals surface area contributed by atoms with Crippen molar-refractivity contribution in [1.82, 2.24) is 19.3 Å². The van der Waals surface area contributed by atoms with Gasteiger partial charge in [-0.15, -0.1) is 0 Å². The highest BCUT2D eigenvalue weighted by Gasteiger charge is 2.27. The molecule has 0 amide bonds. The van der Waals surface area contributed by atoms with Crippen LogP contribution in [0.4, 0.5) is 0 Å². The molecule has 21 heavy (non-hydrogen) atoms. The lowest BCUT2D eigenvalue weighted by atomic mass is 10.0. The van der Waals surface area contributed by atoms with Gasteiger partial charge in [0.05, 0.1) is 12.8 Å². The average molecular weight is 310 g/mol. The molecule has 0 aliphatic carbocycles. The lowest BCUT2D eigenvalue weighted by molar-refractivity contribution is -0.145. The molecule has 0 radical (unpaired) electrons. The van der Waals surface area contributed by atoms with E-state index in [1.54, 1.807) is 4.68 Å². The van der Waals surface area contributed by atoms with Crippen LogP contribution in [0, 0.1) is 10.7 Å². The Labute approximate surface area is 129 Å². The Kier molecular flexibility index (Phi) is 4.51. The third kappa shape index (κ3) is 2.74. The van der Waals surface area contributed by atoms with Crippen molar-refractivity contribution in [3.8, 4) is 0 Å². The minimum absolute atomic E-state index is 0.278. The summed E-state index contributed by atoms with van der Waals surface area (Å²) in [6.45, 7) is 6.19. The van der Waals surface area contributed by atoms with E-state index in [2.05, 4.69) is 23.9 Å². The third-order valence-corrected chi connectivity index (χ3v) is 3.88. The summed E-state index contributed by atoms with van der Waals surface area (Å²) in [5.74, 6) is 0.0692. The minimum Gasteiger partial charge on any atom is -0.467 e. The Morgan fingerprint density at radius 3 is 2.67 bits per heavy atom. The maximum Gasteiger partial charge on any atom is 0.329 e. The molecule has 0 fully saturated rings. The van der Waals surface area contributed by atoms with E-state index in [9.17, 15) is 4.79 Å². The minimum atomic E-state index is -0.434. The summed E-state index contributed by atoms with van der Waals surface area (Å²) >= 11 is 5.43. The zero-order chi connectivity index (χ0) is 15.7. The quantitative estimate of drug-likeness (QED) is 0.681. The summed E-state index contributed by atoms with van der Waals surface area (Å²) in [5.41, 5.74) is 2.70. The number of carbonyl (C=O) groups is 1. The maximum absolute atomic E-state index is 12.2. The molecular weight excluding hydrogens is 288 g/mol. The van der Waals surface area contributed by atoms with Gasteiger partial charge in [-0.1, -0.05) is 20.8 Å². The second-order valence-electron chi connectivity index (χ2n) is 5.59. The summed E-state index contributed by atoms with van der Waals surface area (Å²) in [6, 6.07) is -0.434. The van der Waals surface area contributed by atoms with Crippen molar-refractivity contribution in [2.24, 2.45) is 13.0 Å². The van der Waals surface area contributed by atoms with Gasteiger partial charge < -0.3 is 9.72 Å². The molecule has 0 bridgehead atoms. The molecule has 0 aliphatic heterocycles. The SMILES string of the molecule is CCc1nn(C)c2c1[nH]c(=S)n2C(CC(C)C)C(=O)OC. The number of hydrogen-bond acceptors (Lipinski definition) is 4. The number of carbonyl (C=O) groups excluding carboxylic acids is 1. The zero-order valence-corrected chi connectivity index (χ0v) is 14.0. The molecule has 116 valence electrons. The molecule has 0 spiro atoms. The van der Waals surface area contributed by atoms with Crippen molar-refractivity contribution in [1.29, 1.82) is 0 Å². The van der Waals surface area contributed by atoms with E-state index in [4.69, 9.17) is 17.0 Å². The first-order valence-electron chi connectivity index (χ1n) is 7.14. The molecule has 7 heteroatoms. The van der Waals surface area contributed by atoms with E-state index in [1.807, 2.05) is 18.5 Å². The number of aromatic amines is 1. The molecule has 1 unspecified atom stereocenters. The second-order valence-corrected chi connectivity index (χ2v) is 5.98. The largest absolute Gasteiger partial charge is 0.467 e. The van der Waals surface area contributed by atoms with Crippen LogP contribution in [0.1, 0.15) is 38.9 Å². The van der Waals surface area contributed by atoms with Crippen molar-refractivity contribution in [2.75, 3.05) is 7.11 Å². The summed E-state index contributed by atoms with van der Waals surface area (Å²) in [6.07, 6.45) is 1.47. The predicted molar refractivity (Wildman–Crippen MR) is 83.8 cm³/mol. The lowest BCUT2D eigenvalue weighted by Gasteiger charge is -2.19. The third-order valence-electron chi connectivity index (χ3n) is 3.58. The number of esters is 1. The number of aryl methyl sites for hydroxylation is 2. The van der Waals surface area contributed by atoms with Crippen LogP contribution in [0.25, 0.3) is 11.2 Å². The van der Waals surface area contributed by atoms with Crippen molar-refractivity contribution in [3.05, 3.63) is 10.5 Å². The molecule has 2 rings (SSSR count). The number of methoxy groups -OCH3 is 1. The number of ether oxygens (including phenoxy) is 1. The molecule has 0 aromatic carbocycles. The Hall–Kier alpha value is -1.63. The molecule has 1 N–H and O–H groups in total. The van der Waals surface area contributed by atoms with E-state index >= 15 is 0 Å². The van der Waals surface area contributed by atoms with Crippen LogP contribution in [0.15, 0.2) is 0 Å². The number of imidazole rings is 1. The van der Waals surface area contributed by atoms with Crippen LogP contribution in [0.5, 0.6) is 0 Å². The van der Waals surface area contributed by atoms with Gasteiger partial charge in [-0.05, 0) is 31.0 Å². The normalized spacial score (nSPS) is 13.0. The summed E-state index contributed by atoms with van der Waals surface area (Å²) in [4.78, 5) is 15.4. The molecule has 2 aromatic rings. The van der Waals surface area contributed by atoms with Crippen molar-refractivity contribution in [2.45, 2.75) is 39.7 Å². The molecule has 0 saturated carbocycles. The predicted octanol–water partition coefficient (Wildman–Crippen LogP) is 2.75. The van der Waals surface area contributed by atoms with E-state index in [1.165, 1.54) is 7.11 Å². The van der Waals surface area contributed by atoms with Gasteiger partial charge in [0.15, 0.2) is 10.4 Å². The fourth-order valence-corrected chi connectivity index (χ4v) is 2.98. The Bertz CT molecular complexity index is 710. The molecule has 1 atom stereocenters. The molecule has 6 nitrogen and oxygen atoms in total. The Balaban J connectivity index is 2.67. The first-order valence-corrected chi connectivity index (χ1v) is 7.55. The number of fused-ring (bicyclic) bond motifs is 1. The van der Waals surface area contributed by atoms with E-state index in [-0.39, 0.29) is 5.97 Å².